The first-order valence-electron chi connectivity index (χ1n) is 3.98. The Kier molecular flexibility index (Phi) is 1.86. The standard InChI is InChI=1S/C9H17N/c1-7-5-6-9(3,4)8(2)10-7/h5-8,10H,1-4H3. The largest absolute Gasteiger partial charge is 0.307 e. The maximum Gasteiger partial charge on any atom is 0.0224 e. The lowest BCUT2D eigenvalue weighted by Gasteiger charge is -2.35. The highest BCUT2D eigenvalue weighted by atomic mass is 15.0. The molecule has 1 rings (SSSR count). The molecule has 0 aromatic rings. The lowest BCUT2D eigenvalue weighted by atomic mass is 9.82. The van der Waals surface area contributed by atoms with Crippen LogP contribution >= 0.6 is 0 Å². The molecule has 0 saturated heterocycles. The van der Waals surface area contributed by atoms with Crippen molar-refractivity contribution in [2.75, 3.05) is 0 Å². The molecule has 0 bridgehead atoms. The number of hydrogen-bond acceptors (Lipinski definition) is 1. The molecule has 10 heavy (non-hydrogen) atoms. The van der Waals surface area contributed by atoms with Crippen LogP contribution < -0.4 is 5.32 Å². The molecule has 1 aliphatic heterocycles. The van der Waals surface area contributed by atoms with Crippen LogP contribution in [-0.4, -0.2) is 12.1 Å². The molecule has 0 fully saturated rings. The van der Waals surface area contributed by atoms with Gasteiger partial charge in [0.1, 0.15) is 0 Å². The summed E-state index contributed by atoms with van der Waals surface area (Å²) in [6.45, 7) is 8.93. The average Bonchev–Trinajstić information content (AvgIpc) is 1.81. The second-order valence-electron chi connectivity index (χ2n) is 3.86. The van der Waals surface area contributed by atoms with Crippen LogP contribution in [0.1, 0.15) is 27.7 Å². The summed E-state index contributed by atoms with van der Waals surface area (Å²) in [5.41, 5.74) is 0.326. The summed E-state index contributed by atoms with van der Waals surface area (Å²) >= 11 is 0. The van der Waals surface area contributed by atoms with Crippen molar-refractivity contribution in [3.8, 4) is 0 Å². The molecule has 0 aromatic heterocycles. The second kappa shape index (κ2) is 2.39. The Morgan fingerprint density at radius 1 is 1.30 bits per heavy atom. The van der Waals surface area contributed by atoms with Gasteiger partial charge in [-0.25, -0.2) is 0 Å². The van der Waals surface area contributed by atoms with Crippen molar-refractivity contribution < 1.29 is 0 Å². The third-order valence-electron chi connectivity index (χ3n) is 2.44. The molecular formula is C9H17N. The van der Waals surface area contributed by atoms with E-state index >= 15 is 0 Å². The summed E-state index contributed by atoms with van der Waals surface area (Å²) in [6.07, 6.45) is 4.54. The highest BCUT2D eigenvalue weighted by Gasteiger charge is 2.26. The zero-order chi connectivity index (χ0) is 7.78. The molecule has 1 N–H and O–H groups in total. The number of hydrogen-bond donors (Lipinski definition) is 1. The molecular weight excluding hydrogens is 122 g/mol. The van der Waals surface area contributed by atoms with Gasteiger partial charge in [-0.05, 0) is 19.3 Å². The van der Waals surface area contributed by atoms with Gasteiger partial charge in [0, 0.05) is 12.1 Å². The summed E-state index contributed by atoms with van der Waals surface area (Å²) in [6, 6.07) is 1.13. The van der Waals surface area contributed by atoms with Crippen molar-refractivity contribution in [3.63, 3.8) is 0 Å². The smallest absolute Gasteiger partial charge is 0.0224 e. The lowest BCUT2D eigenvalue weighted by Crippen LogP contribution is -2.45. The molecule has 1 heterocycles. The molecule has 0 aromatic carbocycles. The topological polar surface area (TPSA) is 12.0 Å². The van der Waals surface area contributed by atoms with Gasteiger partial charge in [0.25, 0.3) is 0 Å². The Labute approximate surface area is 63.5 Å². The van der Waals surface area contributed by atoms with Gasteiger partial charge in [0.2, 0.25) is 0 Å². The van der Waals surface area contributed by atoms with Gasteiger partial charge in [-0.2, -0.15) is 0 Å². The summed E-state index contributed by atoms with van der Waals surface area (Å²) < 4.78 is 0. The summed E-state index contributed by atoms with van der Waals surface area (Å²) in [7, 11) is 0. The van der Waals surface area contributed by atoms with Crippen molar-refractivity contribution in [2.45, 2.75) is 39.8 Å². The van der Waals surface area contributed by atoms with Gasteiger partial charge in [-0.1, -0.05) is 26.0 Å². The van der Waals surface area contributed by atoms with E-state index in [2.05, 4.69) is 45.2 Å². The Balaban J connectivity index is 2.72. The van der Waals surface area contributed by atoms with Crippen LogP contribution in [0.15, 0.2) is 12.2 Å². The zero-order valence-corrected chi connectivity index (χ0v) is 7.31. The van der Waals surface area contributed by atoms with Gasteiger partial charge >= 0.3 is 0 Å². The predicted molar refractivity (Wildman–Crippen MR) is 45.0 cm³/mol. The van der Waals surface area contributed by atoms with Crippen LogP contribution in [0.25, 0.3) is 0 Å². The summed E-state index contributed by atoms with van der Waals surface area (Å²) in [4.78, 5) is 0. The van der Waals surface area contributed by atoms with Gasteiger partial charge in [0.15, 0.2) is 0 Å². The van der Waals surface area contributed by atoms with Crippen molar-refractivity contribution >= 4 is 0 Å². The third kappa shape index (κ3) is 1.40. The van der Waals surface area contributed by atoms with Gasteiger partial charge in [-0.15, -0.1) is 0 Å². The van der Waals surface area contributed by atoms with E-state index in [4.69, 9.17) is 0 Å². The maximum absolute atomic E-state index is 3.48. The van der Waals surface area contributed by atoms with Gasteiger partial charge in [-0.3, -0.25) is 0 Å². The second-order valence-corrected chi connectivity index (χ2v) is 3.86. The molecule has 0 amide bonds. The maximum atomic E-state index is 3.48. The first-order valence-corrected chi connectivity index (χ1v) is 3.98. The van der Waals surface area contributed by atoms with Crippen LogP contribution in [-0.2, 0) is 0 Å². The van der Waals surface area contributed by atoms with E-state index in [0.29, 0.717) is 17.5 Å². The molecule has 58 valence electrons. The number of nitrogens with one attached hydrogen (secondary N) is 1. The molecule has 0 saturated carbocycles. The van der Waals surface area contributed by atoms with E-state index in [1.807, 2.05) is 0 Å². The van der Waals surface area contributed by atoms with E-state index < -0.39 is 0 Å². The highest BCUT2D eigenvalue weighted by Crippen LogP contribution is 2.25. The fourth-order valence-electron chi connectivity index (χ4n) is 1.20. The van der Waals surface area contributed by atoms with Crippen molar-refractivity contribution in [1.29, 1.82) is 0 Å². The van der Waals surface area contributed by atoms with Crippen LogP contribution in [0.4, 0.5) is 0 Å². The van der Waals surface area contributed by atoms with Gasteiger partial charge < -0.3 is 5.32 Å². The summed E-state index contributed by atoms with van der Waals surface area (Å²) in [5, 5.41) is 3.48. The Hall–Kier alpha value is -0.300. The highest BCUT2D eigenvalue weighted by molar-refractivity contribution is 5.08. The van der Waals surface area contributed by atoms with Crippen molar-refractivity contribution in [2.24, 2.45) is 5.41 Å². The number of rotatable bonds is 0. The normalized spacial score (nSPS) is 38.0. The van der Waals surface area contributed by atoms with Crippen molar-refractivity contribution in [3.05, 3.63) is 12.2 Å². The predicted octanol–water partition coefficient (Wildman–Crippen LogP) is 1.95. The SMILES string of the molecule is CC1C=CC(C)(C)C(C)N1. The van der Waals surface area contributed by atoms with Crippen LogP contribution in [0.2, 0.25) is 0 Å². The molecule has 1 nitrogen and oxygen atoms in total. The Bertz CT molecular complexity index is 147. The van der Waals surface area contributed by atoms with Crippen LogP contribution in [0.3, 0.4) is 0 Å². The van der Waals surface area contributed by atoms with Gasteiger partial charge in [0.05, 0.1) is 0 Å². The van der Waals surface area contributed by atoms with E-state index in [1.54, 1.807) is 0 Å². The van der Waals surface area contributed by atoms with Crippen LogP contribution in [0.5, 0.6) is 0 Å². The Morgan fingerprint density at radius 2 is 1.90 bits per heavy atom. The lowest BCUT2D eigenvalue weighted by molar-refractivity contribution is 0.299. The summed E-state index contributed by atoms with van der Waals surface area (Å²) in [5.74, 6) is 0. The molecule has 1 heteroatoms. The molecule has 2 atom stereocenters. The first kappa shape index (κ1) is 7.80. The third-order valence-corrected chi connectivity index (χ3v) is 2.44. The first-order chi connectivity index (χ1) is 4.52. The molecule has 0 radical (unpaired) electrons. The fourth-order valence-corrected chi connectivity index (χ4v) is 1.20. The molecule has 1 aliphatic rings. The van der Waals surface area contributed by atoms with E-state index in [0.717, 1.165) is 0 Å². The van der Waals surface area contributed by atoms with E-state index in [9.17, 15) is 0 Å². The van der Waals surface area contributed by atoms with Crippen molar-refractivity contribution in [1.82, 2.24) is 5.32 Å². The van der Waals surface area contributed by atoms with Crippen LogP contribution in [0, 0.1) is 5.41 Å². The Morgan fingerprint density at radius 3 is 2.30 bits per heavy atom. The molecule has 2 unspecified atom stereocenters. The minimum absolute atomic E-state index is 0.326. The van der Waals surface area contributed by atoms with E-state index in [1.165, 1.54) is 0 Å². The average molecular weight is 139 g/mol. The monoisotopic (exact) mass is 139 g/mol. The van der Waals surface area contributed by atoms with E-state index in [-0.39, 0.29) is 0 Å². The fraction of sp³-hybridized carbons (Fsp3) is 0.778. The molecule has 0 aliphatic carbocycles. The minimum atomic E-state index is 0.326. The quantitative estimate of drug-likeness (QED) is 0.506. The minimum Gasteiger partial charge on any atom is -0.307 e. The molecule has 0 spiro atoms. The zero-order valence-electron chi connectivity index (χ0n) is 7.31.